The van der Waals surface area contributed by atoms with Crippen molar-refractivity contribution in [2.45, 2.75) is 6.92 Å². The lowest BCUT2D eigenvalue weighted by atomic mass is 10.1. The zero-order valence-electron chi connectivity index (χ0n) is 11.0. The lowest BCUT2D eigenvalue weighted by Crippen LogP contribution is -2.12. The molecule has 106 valence electrons. The van der Waals surface area contributed by atoms with Crippen LogP contribution in [0, 0.1) is 6.92 Å². The molecular formula is C15H10Cl2N2O2. The van der Waals surface area contributed by atoms with Crippen LogP contribution in [0.3, 0.4) is 0 Å². The standard InChI is InChI=1S/C15H10Cl2N2O2/c1-8-18-14-12(3-2-4-13(14)21-8)15(20)19-11-6-9(16)5-10(17)7-11/h2-7H,1H3,(H,19,20). The largest absolute Gasteiger partial charge is 0.441 e. The summed E-state index contributed by atoms with van der Waals surface area (Å²) in [6, 6.07) is 10.0. The molecule has 6 heteroatoms. The second-order valence-electron chi connectivity index (χ2n) is 4.50. The second kappa shape index (κ2) is 5.39. The van der Waals surface area contributed by atoms with Gasteiger partial charge >= 0.3 is 0 Å². The van der Waals surface area contributed by atoms with Crippen molar-refractivity contribution < 1.29 is 9.21 Å². The molecule has 3 aromatic rings. The molecule has 1 heterocycles. The van der Waals surface area contributed by atoms with Gasteiger partial charge in [-0.05, 0) is 30.3 Å². The smallest absolute Gasteiger partial charge is 0.258 e. The number of amides is 1. The SMILES string of the molecule is Cc1nc2c(C(=O)Nc3cc(Cl)cc(Cl)c3)cccc2o1. The van der Waals surface area contributed by atoms with Gasteiger partial charge in [-0.2, -0.15) is 0 Å². The number of halogens is 2. The molecule has 1 N–H and O–H groups in total. The number of aromatic nitrogens is 1. The van der Waals surface area contributed by atoms with Crippen LogP contribution in [0.5, 0.6) is 0 Å². The van der Waals surface area contributed by atoms with Crippen LogP contribution in [0.4, 0.5) is 5.69 Å². The first-order valence-electron chi connectivity index (χ1n) is 6.16. The number of carbonyl (C=O) groups is 1. The third kappa shape index (κ3) is 2.86. The van der Waals surface area contributed by atoms with E-state index in [1.165, 1.54) is 0 Å². The highest BCUT2D eigenvalue weighted by atomic mass is 35.5. The summed E-state index contributed by atoms with van der Waals surface area (Å²) in [5, 5.41) is 3.66. The minimum absolute atomic E-state index is 0.299. The minimum Gasteiger partial charge on any atom is -0.441 e. The van der Waals surface area contributed by atoms with Crippen molar-refractivity contribution in [1.29, 1.82) is 0 Å². The maximum atomic E-state index is 12.4. The molecule has 0 saturated carbocycles. The first-order valence-corrected chi connectivity index (χ1v) is 6.92. The minimum atomic E-state index is -0.299. The van der Waals surface area contributed by atoms with Crippen LogP contribution >= 0.6 is 23.2 Å². The van der Waals surface area contributed by atoms with Crippen LogP contribution in [0.2, 0.25) is 10.0 Å². The fourth-order valence-corrected chi connectivity index (χ4v) is 2.59. The Kier molecular flexibility index (Phi) is 3.57. The summed E-state index contributed by atoms with van der Waals surface area (Å²) in [6.07, 6.45) is 0. The van der Waals surface area contributed by atoms with Crippen LogP contribution in [0.1, 0.15) is 16.2 Å². The van der Waals surface area contributed by atoms with Gasteiger partial charge in [0.25, 0.3) is 5.91 Å². The van der Waals surface area contributed by atoms with E-state index in [1.54, 1.807) is 43.3 Å². The molecule has 4 nitrogen and oxygen atoms in total. The number of nitrogens with zero attached hydrogens (tertiary/aromatic N) is 1. The van der Waals surface area contributed by atoms with Gasteiger partial charge in [-0.3, -0.25) is 4.79 Å². The molecule has 0 unspecified atom stereocenters. The number of anilines is 1. The number of rotatable bonds is 2. The van der Waals surface area contributed by atoms with Gasteiger partial charge in [-0.25, -0.2) is 4.98 Å². The quantitative estimate of drug-likeness (QED) is 0.744. The highest BCUT2D eigenvalue weighted by Gasteiger charge is 2.14. The topological polar surface area (TPSA) is 55.1 Å². The van der Waals surface area contributed by atoms with Crippen molar-refractivity contribution in [1.82, 2.24) is 4.98 Å². The Hall–Kier alpha value is -2.04. The summed E-state index contributed by atoms with van der Waals surface area (Å²) in [5.41, 5.74) is 2.06. The molecule has 0 aliphatic carbocycles. The van der Waals surface area contributed by atoms with Gasteiger partial charge in [0.05, 0.1) is 5.56 Å². The van der Waals surface area contributed by atoms with Crippen LogP contribution in [-0.2, 0) is 0 Å². The van der Waals surface area contributed by atoms with Crippen LogP contribution in [0.25, 0.3) is 11.1 Å². The maximum absolute atomic E-state index is 12.4. The van der Waals surface area contributed by atoms with Gasteiger partial charge < -0.3 is 9.73 Å². The number of hydrogen-bond acceptors (Lipinski definition) is 3. The first kappa shape index (κ1) is 13.9. The van der Waals surface area contributed by atoms with E-state index in [-0.39, 0.29) is 5.91 Å². The average molecular weight is 321 g/mol. The average Bonchev–Trinajstić information content (AvgIpc) is 2.77. The monoisotopic (exact) mass is 320 g/mol. The van der Waals surface area contributed by atoms with E-state index < -0.39 is 0 Å². The second-order valence-corrected chi connectivity index (χ2v) is 5.37. The van der Waals surface area contributed by atoms with Crippen molar-refractivity contribution in [3.05, 3.63) is 57.9 Å². The third-order valence-corrected chi connectivity index (χ3v) is 3.33. The summed E-state index contributed by atoms with van der Waals surface area (Å²) < 4.78 is 5.41. The number of benzene rings is 2. The highest BCUT2D eigenvalue weighted by molar-refractivity contribution is 6.35. The van der Waals surface area contributed by atoms with Gasteiger partial charge in [0.1, 0.15) is 5.52 Å². The lowest BCUT2D eigenvalue weighted by molar-refractivity contribution is 0.102. The van der Waals surface area contributed by atoms with E-state index in [0.717, 1.165) is 0 Å². The molecule has 0 aliphatic rings. The van der Waals surface area contributed by atoms with Crippen molar-refractivity contribution in [2.24, 2.45) is 0 Å². The Morgan fingerprint density at radius 2 is 1.90 bits per heavy atom. The number of carbonyl (C=O) groups excluding carboxylic acids is 1. The molecule has 2 aromatic carbocycles. The van der Waals surface area contributed by atoms with Crippen LogP contribution in [-0.4, -0.2) is 10.9 Å². The van der Waals surface area contributed by atoms with Gasteiger partial charge in [-0.1, -0.05) is 29.3 Å². The van der Waals surface area contributed by atoms with E-state index >= 15 is 0 Å². The van der Waals surface area contributed by atoms with Crippen molar-refractivity contribution in [2.75, 3.05) is 5.32 Å². The van der Waals surface area contributed by atoms with Crippen molar-refractivity contribution in [3.8, 4) is 0 Å². The van der Waals surface area contributed by atoms with Crippen LogP contribution in [0.15, 0.2) is 40.8 Å². The number of hydrogen-bond donors (Lipinski definition) is 1. The lowest BCUT2D eigenvalue weighted by Gasteiger charge is -2.06. The van der Waals surface area contributed by atoms with E-state index in [4.69, 9.17) is 27.6 Å². The zero-order valence-corrected chi connectivity index (χ0v) is 12.5. The van der Waals surface area contributed by atoms with E-state index in [9.17, 15) is 4.79 Å². The molecule has 0 radical (unpaired) electrons. The molecule has 0 aliphatic heterocycles. The Bertz CT molecular complexity index is 823. The molecule has 0 fully saturated rings. The summed E-state index contributed by atoms with van der Waals surface area (Å²) in [5.74, 6) is 0.211. The first-order chi connectivity index (χ1) is 10.0. The summed E-state index contributed by atoms with van der Waals surface area (Å²) >= 11 is 11.8. The number of nitrogens with one attached hydrogen (secondary N) is 1. The maximum Gasteiger partial charge on any atom is 0.258 e. The fraction of sp³-hybridized carbons (Fsp3) is 0.0667. The third-order valence-electron chi connectivity index (χ3n) is 2.89. The molecule has 1 amide bonds. The molecular weight excluding hydrogens is 311 g/mol. The summed E-state index contributed by atoms with van der Waals surface area (Å²) in [6.45, 7) is 1.73. The number of fused-ring (bicyclic) bond motifs is 1. The molecule has 0 saturated heterocycles. The number of para-hydroxylation sites is 1. The number of oxazole rings is 1. The fourth-order valence-electron chi connectivity index (χ4n) is 2.07. The normalized spacial score (nSPS) is 10.8. The summed E-state index contributed by atoms with van der Waals surface area (Å²) in [4.78, 5) is 16.6. The van der Waals surface area contributed by atoms with Crippen LogP contribution < -0.4 is 5.32 Å². The molecule has 1 aromatic heterocycles. The van der Waals surface area contributed by atoms with Gasteiger partial charge in [0.2, 0.25) is 0 Å². The van der Waals surface area contributed by atoms with Gasteiger partial charge in [0.15, 0.2) is 11.5 Å². The van der Waals surface area contributed by atoms with Gasteiger partial charge in [-0.15, -0.1) is 0 Å². The molecule has 21 heavy (non-hydrogen) atoms. The summed E-state index contributed by atoms with van der Waals surface area (Å²) in [7, 11) is 0. The number of aryl methyl sites for hydroxylation is 1. The van der Waals surface area contributed by atoms with Crippen molar-refractivity contribution >= 4 is 45.9 Å². The zero-order chi connectivity index (χ0) is 15.0. The molecule has 0 spiro atoms. The Balaban J connectivity index is 1.97. The van der Waals surface area contributed by atoms with Gasteiger partial charge in [0, 0.05) is 22.7 Å². The van der Waals surface area contributed by atoms with E-state index in [0.29, 0.717) is 38.3 Å². The molecule has 0 atom stereocenters. The Labute approximate surface area is 130 Å². The predicted octanol–water partition coefficient (Wildman–Crippen LogP) is 4.70. The van der Waals surface area contributed by atoms with E-state index in [2.05, 4.69) is 10.3 Å². The molecule has 3 rings (SSSR count). The molecule has 0 bridgehead atoms. The van der Waals surface area contributed by atoms with E-state index in [1.807, 2.05) is 0 Å². The Morgan fingerprint density at radius 1 is 1.19 bits per heavy atom. The Morgan fingerprint density at radius 3 is 2.62 bits per heavy atom. The van der Waals surface area contributed by atoms with Crippen molar-refractivity contribution in [3.63, 3.8) is 0 Å². The highest BCUT2D eigenvalue weighted by Crippen LogP contribution is 2.24. The predicted molar refractivity (Wildman–Crippen MR) is 83.2 cm³/mol.